The van der Waals surface area contributed by atoms with Gasteiger partial charge in [-0.05, 0) is 6.07 Å². The van der Waals surface area contributed by atoms with Gasteiger partial charge in [0, 0.05) is 24.7 Å². The average Bonchev–Trinajstić information content (AvgIpc) is 2.47. The first-order chi connectivity index (χ1) is 9.26. The van der Waals surface area contributed by atoms with E-state index in [0.29, 0.717) is 12.2 Å². The van der Waals surface area contributed by atoms with Gasteiger partial charge < -0.3 is 9.47 Å². The van der Waals surface area contributed by atoms with Crippen LogP contribution in [0.25, 0.3) is 0 Å². The van der Waals surface area contributed by atoms with Crippen molar-refractivity contribution in [3.63, 3.8) is 0 Å². The van der Waals surface area contributed by atoms with E-state index in [-0.39, 0.29) is 5.78 Å². The fraction of sp³-hybridized carbons (Fsp3) is 0.188. The van der Waals surface area contributed by atoms with Crippen LogP contribution in [-0.2, 0) is 21.7 Å². The molecule has 1 heterocycles. The Morgan fingerprint density at radius 2 is 1.74 bits per heavy atom. The quantitative estimate of drug-likeness (QED) is 0.826. The lowest BCUT2D eigenvalue weighted by Gasteiger charge is -2.35. The Hall–Kier alpha value is -2.13. The van der Waals surface area contributed by atoms with Gasteiger partial charge in [-0.15, -0.1) is 0 Å². The highest BCUT2D eigenvalue weighted by molar-refractivity contribution is 5.91. The molecule has 1 aliphatic heterocycles. The molecule has 2 aromatic rings. The third-order valence-corrected chi connectivity index (χ3v) is 3.39. The van der Waals surface area contributed by atoms with Crippen molar-refractivity contribution in [2.75, 3.05) is 7.11 Å². The number of carbonyl (C=O) groups excluding carboxylic acids is 1. The lowest BCUT2D eigenvalue weighted by Crippen LogP contribution is -2.47. The Bertz CT molecular complexity index is 606. The molecule has 1 atom stereocenters. The summed E-state index contributed by atoms with van der Waals surface area (Å²) in [6, 6.07) is 16.9. The number of methoxy groups -OCH3 is 1. The Morgan fingerprint density at radius 1 is 1.05 bits per heavy atom. The molecular formula is C16H14O3. The second-order valence-electron chi connectivity index (χ2n) is 4.50. The molecule has 0 saturated heterocycles. The average molecular weight is 254 g/mol. The molecule has 0 N–H and O–H groups in total. The smallest absolute Gasteiger partial charge is 0.297 e. The number of hydrogen-bond acceptors (Lipinski definition) is 3. The highest BCUT2D eigenvalue weighted by Crippen LogP contribution is 2.37. The maximum Gasteiger partial charge on any atom is 0.297 e. The molecule has 96 valence electrons. The molecule has 0 radical (unpaired) electrons. The summed E-state index contributed by atoms with van der Waals surface area (Å²) in [5, 5.41) is 0. The van der Waals surface area contributed by atoms with Crippen LogP contribution in [0.15, 0.2) is 54.6 Å². The van der Waals surface area contributed by atoms with Crippen LogP contribution >= 0.6 is 0 Å². The summed E-state index contributed by atoms with van der Waals surface area (Å²) < 4.78 is 11.4. The summed E-state index contributed by atoms with van der Waals surface area (Å²) in [5.74, 6) is -0.706. The summed E-state index contributed by atoms with van der Waals surface area (Å²) in [6.07, 6.45) is 0.318. The molecule has 3 heteroatoms. The van der Waals surface area contributed by atoms with Gasteiger partial charge in [-0.1, -0.05) is 48.5 Å². The van der Waals surface area contributed by atoms with Gasteiger partial charge in [-0.25, -0.2) is 0 Å². The standard InChI is InChI=1S/C16H14O3/c1-18-16(13-8-3-2-4-9-13)15(17)11-12-7-5-6-10-14(12)19-16/h2-10H,11H2,1H3. The number of hydrogen-bond donors (Lipinski definition) is 0. The molecule has 0 aromatic heterocycles. The van der Waals surface area contributed by atoms with Gasteiger partial charge in [0.15, 0.2) is 0 Å². The number of carbonyl (C=O) groups is 1. The fourth-order valence-electron chi connectivity index (χ4n) is 2.40. The molecule has 0 amide bonds. The van der Waals surface area contributed by atoms with Gasteiger partial charge in [0.2, 0.25) is 5.78 Å². The zero-order chi connectivity index (χ0) is 13.3. The number of para-hydroxylation sites is 1. The van der Waals surface area contributed by atoms with E-state index >= 15 is 0 Å². The normalized spacial score (nSPS) is 21.6. The SMILES string of the molecule is COC1(c2ccccc2)Oc2ccccc2CC1=O. The third-order valence-electron chi connectivity index (χ3n) is 3.39. The van der Waals surface area contributed by atoms with Crippen molar-refractivity contribution in [1.29, 1.82) is 0 Å². The van der Waals surface area contributed by atoms with E-state index < -0.39 is 5.79 Å². The topological polar surface area (TPSA) is 35.5 Å². The second-order valence-corrected chi connectivity index (χ2v) is 4.50. The lowest BCUT2D eigenvalue weighted by molar-refractivity contribution is -0.191. The van der Waals surface area contributed by atoms with Gasteiger partial charge >= 0.3 is 0 Å². The van der Waals surface area contributed by atoms with Crippen molar-refractivity contribution < 1.29 is 14.3 Å². The molecule has 0 spiro atoms. The first-order valence-electron chi connectivity index (χ1n) is 6.17. The van der Waals surface area contributed by atoms with Crippen LogP contribution in [0.5, 0.6) is 5.75 Å². The van der Waals surface area contributed by atoms with Crippen molar-refractivity contribution in [3.8, 4) is 5.75 Å². The fourth-order valence-corrected chi connectivity index (χ4v) is 2.40. The maximum absolute atomic E-state index is 12.5. The minimum absolute atomic E-state index is 0.0834. The van der Waals surface area contributed by atoms with E-state index in [1.54, 1.807) is 0 Å². The molecule has 0 bridgehead atoms. The summed E-state index contributed by atoms with van der Waals surface area (Å²) in [4.78, 5) is 12.5. The molecule has 0 aliphatic carbocycles. The molecule has 0 saturated carbocycles. The van der Waals surface area contributed by atoms with Crippen LogP contribution in [0.2, 0.25) is 0 Å². The molecule has 3 rings (SSSR count). The number of rotatable bonds is 2. The number of ketones is 1. The predicted octanol–water partition coefficient (Wildman–Crippen LogP) is 2.69. The van der Waals surface area contributed by atoms with Crippen LogP contribution in [0.1, 0.15) is 11.1 Å². The molecule has 0 fully saturated rings. The van der Waals surface area contributed by atoms with Crippen molar-refractivity contribution in [2.45, 2.75) is 12.2 Å². The van der Waals surface area contributed by atoms with E-state index in [9.17, 15) is 4.79 Å². The Morgan fingerprint density at radius 3 is 2.47 bits per heavy atom. The number of benzene rings is 2. The van der Waals surface area contributed by atoms with Gasteiger partial charge in [0.05, 0.1) is 0 Å². The van der Waals surface area contributed by atoms with E-state index in [2.05, 4.69) is 0 Å². The van der Waals surface area contributed by atoms with Crippen LogP contribution in [0.4, 0.5) is 0 Å². The number of fused-ring (bicyclic) bond motifs is 1. The monoisotopic (exact) mass is 254 g/mol. The number of ether oxygens (including phenoxy) is 2. The van der Waals surface area contributed by atoms with Crippen LogP contribution in [0.3, 0.4) is 0 Å². The largest absolute Gasteiger partial charge is 0.450 e. The molecule has 19 heavy (non-hydrogen) atoms. The van der Waals surface area contributed by atoms with E-state index in [4.69, 9.17) is 9.47 Å². The van der Waals surface area contributed by atoms with E-state index in [1.807, 2.05) is 54.6 Å². The van der Waals surface area contributed by atoms with Gasteiger partial charge in [0.25, 0.3) is 5.79 Å². The first kappa shape index (κ1) is 11.9. The maximum atomic E-state index is 12.5. The van der Waals surface area contributed by atoms with Crippen LogP contribution in [0, 0.1) is 0 Å². The summed E-state index contributed by atoms with van der Waals surface area (Å²) >= 11 is 0. The Balaban J connectivity index is 2.11. The van der Waals surface area contributed by atoms with Crippen LogP contribution in [-0.4, -0.2) is 12.9 Å². The van der Waals surface area contributed by atoms with Gasteiger partial charge in [0.1, 0.15) is 5.75 Å². The Labute approximate surface area is 111 Å². The second kappa shape index (κ2) is 4.52. The molecule has 1 aliphatic rings. The summed E-state index contributed by atoms with van der Waals surface area (Å²) in [6.45, 7) is 0. The van der Waals surface area contributed by atoms with Crippen molar-refractivity contribution >= 4 is 5.78 Å². The minimum atomic E-state index is -1.32. The highest BCUT2D eigenvalue weighted by atomic mass is 16.7. The molecular weight excluding hydrogens is 240 g/mol. The third kappa shape index (κ3) is 1.83. The molecule has 3 nitrogen and oxygen atoms in total. The van der Waals surface area contributed by atoms with Crippen molar-refractivity contribution in [3.05, 3.63) is 65.7 Å². The summed E-state index contributed by atoms with van der Waals surface area (Å²) in [7, 11) is 1.50. The van der Waals surface area contributed by atoms with Gasteiger partial charge in [-0.2, -0.15) is 0 Å². The summed E-state index contributed by atoms with van der Waals surface area (Å²) in [5.41, 5.74) is 1.62. The van der Waals surface area contributed by atoms with Crippen LogP contribution < -0.4 is 4.74 Å². The molecule has 1 unspecified atom stereocenters. The molecule has 2 aromatic carbocycles. The number of Topliss-reactive ketones (excluding diaryl/α,β-unsaturated/α-hetero) is 1. The van der Waals surface area contributed by atoms with Crippen molar-refractivity contribution in [1.82, 2.24) is 0 Å². The van der Waals surface area contributed by atoms with E-state index in [0.717, 1.165) is 11.1 Å². The zero-order valence-corrected chi connectivity index (χ0v) is 10.6. The Kier molecular flexibility index (Phi) is 2.84. The highest BCUT2D eigenvalue weighted by Gasteiger charge is 2.46. The van der Waals surface area contributed by atoms with E-state index in [1.165, 1.54) is 7.11 Å². The van der Waals surface area contributed by atoms with Crippen molar-refractivity contribution in [2.24, 2.45) is 0 Å². The lowest BCUT2D eigenvalue weighted by atomic mass is 9.93. The predicted molar refractivity (Wildman–Crippen MR) is 70.9 cm³/mol. The zero-order valence-electron chi connectivity index (χ0n) is 10.6. The first-order valence-corrected chi connectivity index (χ1v) is 6.17. The minimum Gasteiger partial charge on any atom is -0.450 e. The van der Waals surface area contributed by atoms with Gasteiger partial charge in [-0.3, -0.25) is 4.79 Å².